The number of aliphatic imine (C=N–C) groups is 1. The average molecular weight is 344 g/mol. The largest absolute Gasteiger partial charge is 0.497 e. The molecule has 5 nitrogen and oxygen atoms in total. The summed E-state index contributed by atoms with van der Waals surface area (Å²) in [4.78, 5) is 15.0. The molecule has 1 amide bonds. The van der Waals surface area contributed by atoms with Crippen molar-refractivity contribution in [2.75, 3.05) is 13.7 Å². The summed E-state index contributed by atoms with van der Waals surface area (Å²) in [6.07, 6.45) is 1.75. The lowest BCUT2D eigenvalue weighted by atomic mass is 10.2. The minimum atomic E-state index is -0.500. The molecule has 0 aliphatic heterocycles. The number of amides is 1. The molecule has 0 unspecified atom stereocenters. The molecule has 2 rings (SSSR count). The number of carbonyl (C=O) groups excluding carboxylic acids is 1. The van der Waals surface area contributed by atoms with Crippen molar-refractivity contribution in [2.24, 2.45) is 10.7 Å². The van der Waals surface area contributed by atoms with E-state index >= 15 is 0 Å². The van der Waals surface area contributed by atoms with E-state index in [0.717, 1.165) is 17.0 Å². The van der Waals surface area contributed by atoms with Crippen LogP contribution in [0.4, 0.5) is 5.69 Å². The summed E-state index contributed by atoms with van der Waals surface area (Å²) >= 11 is 0. The van der Waals surface area contributed by atoms with Gasteiger partial charge in [0.05, 0.1) is 12.8 Å². The van der Waals surface area contributed by atoms with E-state index in [1.54, 1.807) is 25.5 Å². The molecule has 2 aromatic carbocycles. The highest BCUT2D eigenvalue weighted by Gasteiger charge is 1.97. The SMILES string of the molecule is CC.CC.COc1ccc(N=Cc2ccc(OCC(N)=O)cc2)cc1. The number of nitrogens with two attached hydrogens (primary N) is 1. The molecular formula is C20H28N2O3. The molecule has 25 heavy (non-hydrogen) atoms. The number of methoxy groups -OCH3 is 1. The monoisotopic (exact) mass is 344 g/mol. The van der Waals surface area contributed by atoms with Crippen molar-refractivity contribution in [3.8, 4) is 11.5 Å². The van der Waals surface area contributed by atoms with E-state index in [-0.39, 0.29) is 6.61 Å². The Morgan fingerprint density at radius 3 is 1.96 bits per heavy atom. The number of primary amides is 1. The Labute approximate surface area is 150 Å². The summed E-state index contributed by atoms with van der Waals surface area (Å²) < 4.78 is 10.3. The van der Waals surface area contributed by atoms with Gasteiger partial charge >= 0.3 is 0 Å². The van der Waals surface area contributed by atoms with Gasteiger partial charge < -0.3 is 15.2 Å². The maximum absolute atomic E-state index is 10.6. The molecule has 2 N–H and O–H groups in total. The molecule has 0 aromatic heterocycles. The Kier molecular flexibility index (Phi) is 12.1. The third-order valence-corrected chi connectivity index (χ3v) is 2.70. The topological polar surface area (TPSA) is 73.9 Å². The predicted octanol–water partition coefficient (Wildman–Crippen LogP) is 4.36. The van der Waals surface area contributed by atoms with Crippen molar-refractivity contribution >= 4 is 17.8 Å². The Morgan fingerprint density at radius 2 is 1.48 bits per heavy atom. The molecule has 0 saturated heterocycles. The van der Waals surface area contributed by atoms with Crippen molar-refractivity contribution in [2.45, 2.75) is 27.7 Å². The van der Waals surface area contributed by atoms with Crippen LogP contribution in [0, 0.1) is 0 Å². The highest BCUT2D eigenvalue weighted by Crippen LogP contribution is 2.18. The fourth-order valence-corrected chi connectivity index (χ4v) is 1.62. The standard InChI is InChI=1S/C16H16N2O3.2C2H6/c1-20-14-8-4-13(5-9-14)18-10-12-2-6-15(7-3-12)21-11-16(17)19;2*1-2/h2-10H,11H2,1H3,(H2,17,19);2*1-2H3. The molecule has 0 radical (unpaired) electrons. The maximum Gasteiger partial charge on any atom is 0.255 e. The van der Waals surface area contributed by atoms with E-state index in [9.17, 15) is 4.79 Å². The van der Waals surface area contributed by atoms with Gasteiger partial charge in [-0.2, -0.15) is 0 Å². The molecule has 2 aromatic rings. The molecule has 0 heterocycles. The zero-order valence-corrected chi connectivity index (χ0v) is 15.7. The van der Waals surface area contributed by atoms with E-state index in [1.807, 2.05) is 64.1 Å². The second-order valence-electron chi connectivity index (χ2n) is 4.28. The van der Waals surface area contributed by atoms with Crippen molar-refractivity contribution in [1.29, 1.82) is 0 Å². The second kappa shape index (κ2) is 13.6. The van der Waals surface area contributed by atoms with Crippen molar-refractivity contribution in [1.82, 2.24) is 0 Å². The van der Waals surface area contributed by atoms with Gasteiger partial charge in [0.2, 0.25) is 0 Å². The van der Waals surface area contributed by atoms with Gasteiger partial charge in [0.15, 0.2) is 6.61 Å². The number of rotatable bonds is 6. The summed E-state index contributed by atoms with van der Waals surface area (Å²) in [6, 6.07) is 14.7. The number of ether oxygens (including phenoxy) is 2. The van der Waals surface area contributed by atoms with Gasteiger partial charge in [-0.25, -0.2) is 0 Å². The van der Waals surface area contributed by atoms with Crippen molar-refractivity contribution in [3.63, 3.8) is 0 Å². The second-order valence-corrected chi connectivity index (χ2v) is 4.28. The number of hydrogen-bond donors (Lipinski definition) is 1. The third kappa shape index (κ3) is 9.15. The van der Waals surface area contributed by atoms with Crippen molar-refractivity contribution in [3.05, 3.63) is 54.1 Å². The first-order valence-corrected chi connectivity index (χ1v) is 8.36. The maximum atomic E-state index is 10.6. The number of hydrogen-bond acceptors (Lipinski definition) is 4. The first-order chi connectivity index (χ1) is 12.2. The van der Waals surface area contributed by atoms with Crippen LogP contribution in [-0.4, -0.2) is 25.8 Å². The Bertz CT molecular complexity index is 620. The van der Waals surface area contributed by atoms with Crippen LogP contribution >= 0.6 is 0 Å². The van der Waals surface area contributed by atoms with E-state index in [4.69, 9.17) is 15.2 Å². The lowest BCUT2D eigenvalue weighted by Crippen LogP contribution is -2.19. The van der Waals surface area contributed by atoms with Crippen LogP contribution in [0.15, 0.2) is 53.5 Å². The van der Waals surface area contributed by atoms with E-state index in [2.05, 4.69) is 4.99 Å². The first kappa shape index (κ1) is 22.2. The summed E-state index contributed by atoms with van der Waals surface area (Å²) in [7, 11) is 1.63. The first-order valence-electron chi connectivity index (χ1n) is 8.36. The van der Waals surface area contributed by atoms with Crippen LogP contribution in [-0.2, 0) is 4.79 Å². The van der Waals surface area contributed by atoms with Gasteiger partial charge in [-0.3, -0.25) is 9.79 Å². The zero-order chi connectivity index (χ0) is 19.1. The minimum Gasteiger partial charge on any atom is -0.497 e. The number of benzene rings is 2. The van der Waals surface area contributed by atoms with Crippen LogP contribution in [0.3, 0.4) is 0 Å². The summed E-state index contributed by atoms with van der Waals surface area (Å²) in [5.41, 5.74) is 6.77. The molecular weight excluding hydrogens is 316 g/mol. The number of carbonyl (C=O) groups is 1. The minimum absolute atomic E-state index is 0.126. The Balaban J connectivity index is 0.00000134. The third-order valence-electron chi connectivity index (χ3n) is 2.70. The van der Waals surface area contributed by atoms with Gasteiger partial charge in [-0.1, -0.05) is 27.7 Å². The summed E-state index contributed by atoms with van der Waals surface area (Å²) in [5.74, 6) is 0.889. The molecule has 136 valence electrons. The lowest BCUT2D eigenvalue weighted by Gasteiger charge is -2.03. The van der Waals surface area contributed by atoms with Gasteiger partial charge in [0.25, 0.3) is 5.91 Å². The van der Waals surface area contributed by atoms with Crippen LogP contribution in [0.2, 0.25) is 0 Å². The van der Waals surface area contributed by atoms with E-state index in [1.165, 1.54) is 0 Å². The molecule has 0 aliphatic carbocycles. The van der Waals surface area contributed by atoms with Crippen molar-refractivity contribution < 1.29 is 14.3 Å². The molecule has 0 spiro atoms. The fraction of sp³-hybridized carbons (Fsp3) is 0.300. The van der Waals surface area contributed by atoms with E-state index < -0.39 is 5.91 Å². The molecule has 0 fully saturated rings. The number of nitrogens with zero attached hydrogens (tertiary/aromatic N) is 1. The Hall–Kier alpha value is -2.82. The van der Waals surface area contributed by atoms with E-state index in [0.29, 0.717) is 5.75 Å². The molecule has 0 aliphatic rings. The van der Waals surface area contributed by atoms with Crippen LogP contribution in [0.5, 0.6) is 11.5 Å². The highest BCUT2D eigenvalue weighted by molar-refractivity contribution is 5.82. The molecule has 0 atom stereocenters. The molecule has 0 saturated carbocycles. The summed E-state index contributed by atoms with van der Waals surface area (Å²) in [5, 5.41) is 0. The zero-order valence-electron chi connectivity index (χ0n) is 15.7. The predicted molar refractivity (Wildman–Crippen MR) is 104 cm³/mol. The highest BCUT2D eigenvalue weighted by atomic mass is 16.5. The van der Waals surface area contributed by atoms with Crippen LogP contribution < -0.4 is 15.2 Å². The average Bonchev–Trinajstić information content (AvgIpc) is 2.69. The fourth-order valence-electron chi connectivity index (χ4n) is 1.62. The summed E-state index contributed by atoms with van der Waals surface area (Å²) in [6.45, 7) is 7.87. The smallest absolute Gasteiger partial charge is 0.255 e. The lowest BCUT2D eigenvalue weighted by molar-refractivity contribution is -0.119. The normalized spacial score (nSPS) is 9.32. The molecule has 0 bridgehead atoms. The Morgan fingerprint density at radius 1 is 0.960 bits per heavy atom. The van der Waals surface area contributed by atoms with Gasteiger partial charge in [-0.05, 0) is 54.1 Å². The molecule has 5 heteroatoms. The van der Waals surface area contributed by atoms with Gasteiger partial charge in [-0.15, -0.1) is 0 Å². The van der Waals surface area contributed by atoms with Gasteiger partial charge in [0, 0.05) is 6.21 Å². The van der Waals surface area contributed by atoms with Crippen LogP contribution in [0.1, 0.15) is 33.3 Å². The quantitative estimate of drug-likeness (QED) is 0.791. The van der Waals surface area contributed by atoms with Gasteiger partial charge in [0.1, 0.15) is 11.5 Å². The van der Waals surface area contributed by atoms with Crippen LogP contribution in [0.25, 0.3) is 0 Å².